The number of carbonyl (C=O) groups is 5. The Labute approximate surface area is 190 Å². The number of hydrogen-bond donors (Lipinski definition) is 3. The smallest absolute Gasteiger partial charge is 0.339 e. The first kappa shape index (κ1) is 29.4. The summed E-state index contributed by atoms with van der Waals surface area (Å²) in [6.07, 6.45) is 0.571. The van der Waals surface area contributed by atoms with Crippen molar-refractivity contribution in [2.75, 3.05) is 7.11 Å². The maximum Gasteiger partial charge on any atom is 0.339 e. The molecule has 0 saturated heterocycles. The Balaban J connectivity index is 5.81. The molecule has 0 saturated carbocycles. The number of methoxy groups -OCH3 is 1. The van der Waals surface area contributed by atoms with Crippen LogP contribution in [0.4, 0.5) is 0 Å². The fourth-order valence-electron chi connectivity index (χ4n) is 2.87. The van der Waals surface area contributed by atoms with E-state index in [0.29, 0.717) is 6.42 Å². The highest BCUT2D eigenvalue weighted by Crippen LogP contribution is 2.12. The first-order valence-electron chi connectivity index (χ1n) is 10.8. The highest BCUT2D eigenvalue weighted by molar-refractivity contribution is 6.06. The maximum atomic E-state index is 13.0. The molecule has 0 aliphatic heterocycles. The monoisotopic (exact) mass is 457 g/mol. The number of nitrogens with one attached hydrogen (secondary N) is 3. The lowest BCUT2D eigenvalue weighted by atomic mass is 10.0. The molecule has 0 aromatic rings. The van der Waals surface area contributed by atoms with Gasteiger partial charge in [-0.3, -0.25) is 14.4 Å². The van der Waals surface area contributed by atoms with Gasteiger partial charge in [-0.1, -0.05) is 27.7 Å². The van der Waals surface area contributed by atoms with E-state index in [0.717, 1.165) is 0 Å². The van der Waals surface area contributed by atoms with Gasteiger partial charge in [0.05, 0.1) is 7.11 Å². The normalized spacial score (nSPS) is 14.2. The molecule has 0 fully saturated rings. The van der Waals surface area contributed by atoms with Crippen molar-refractivity contribution in [3.8, 4) is 0 Å². The number of hydrogen-bond acceptors (Lipinski definition) is 7. The molecule has 3 atom stereocenters. The van der Waals surface area contributed by atoms with Crippen molar-refractivity contribution >= 4 is 29.7 Å². The minimum Gasteiger partial charge on any atom is -0.467 e. The molecule has 0 radical (unpaired) electrons. The maximum absolute atomic E-state index is 13.0. The summed E-state index contributed by atoms with van der Waals surface area (Å²) in [6.45, 7) is 13.6. The quantitative estimate of drug-likeness (QED) is 0.311. The van der Waals surface area contributed by atoms with Crippen LogP contribution in [-0.2, 0) is 33.4 Å². The number of rotatable bonds is 11. The minimum atomic E-state index is -1.72. The third kappa shape index (κ3) is 11.7. The predicted molar refractivity (Wildman–Crippen MR) is 118 cm³/mol. The van der Waals surface area contributed by atoms with Crippen molar-refractivity contribution in [1.29, 1.82) is 0 Å². The highest BCUT2D eigenvalue weighted by atomic mass is 16.6. The molecule has 3 amide bonds. The van der Waals surface area contributed by atoms with E-state index in [1.807, 2.05) is 27.7 Å². The van der Waals surface area contributed by atoms with E-state index in [4.69, 9.17) is 9.47 Å². The molecule has 184 valence electrons. The van der Waals surface area contributed by atoms with Crippen LogP contribution in [0.1, 0.15) is 68.2 Å². The van der Waals surface area contributed by atoms with Gasteiger partial charge in [0.2, 0.25) is 17.9 Å². The van der Waals surface area contributed by atoms with E-state index in [9.17, 15) is 24.0 Å². The average molecular weight is 458 g/mol. The van der Waals surface area contributed by atoms with Crippen LogP contribution in [0.2, 0.25) is 0 Å². The molecule has 0 spiro atoms. The van der Waals surface area contributed by atoms with Gasteiger partial charge in [0, 0.05) is 6.92 Å². The second-order valence-electron chi connectivity index (χ2n) is 9.57. The molecular weight excluding hydrogens is 418 g/mol. The zero-order valence-electron chi connectivity index (χ0n) is 20.7. The Bertz CT molecular complexity index is 684. The van der Waals surface area contributed by atoms with Crippen molar-refractivity contribution in [3.05, 3.63) is 0 Å². The van der Waals surface area contributed by atoms with E-state index in [1.54, 1.807) is 20.8 Å². The first-order chi connectivity index (χ1) is 14.6. The van der Waals surface area contributed by atoms with Crippen LogP contribution in [0.3, 0.4) is 0 Å². The lowest BCUT2D eigenvalue weighted by Gasteiger charge is -2.27. The molecule has 0 aromatic carbocycles. The second-order valence-corrected chi connectivity index (χ2v) is 9.57. The fourth-order valence-corrected chi connectivity index (χ4v) is 2.87. The minimum absolute atomic E-state index is 0.0455. The SMILES string of the molecule is COC(=O)[C@H](CC(C)C)NC(=O)C(NC(=O)[C@H](CC(C)C)NC(C)=O)C(=O)OC(C)(C)C. The van der Waals surface area contributed by atoms with E-state index in [1.165, 1.54) is 14.0 Å². The molecule has 10 heteroatoms. The summed E-state index contributed by atoms with van der Waals surface area (Å²) in [5.74, 6) is -3.59. The Morgan fingerprint density at radius 2 is 1.25 bits per heavy atom. The van der Waals surface area contributed by atoms with E-state index in [2.05, 4.69) is 16.0 Å². The molecule has 32 heavy (non-hydrogen) atoms. The summed E-state index contributed by atoms with van der Waals surface area (Å²) in [4.78, 5) is 62.2. The summed E-state index contributed by atoms with van der Waals surface area (Å²) in [7, 11) is 1.19. The highest BCUT2D eigenvalue weighted by Gasteiger charge is 2.37. The van der Waals surface area contributed by atoms with E-state index >= 15 is 0 Å². The topological polar surface area (TPSA) is 140 Å². The van der Waals surface area contributed by atoms with Gasteiger partial charge < -0.3 is 25.4 Å². The average Bonchev–Trinajstić information content (AvgIpc) is 2.61. The van der Waals surface area contributed by atoms with Crippen LogP contribution in [0, 0.1) is 11.8 Å². The van der Waals surface area contributed by atoms with Crippen LogP contribution >= 0.6 is 0 Å². The van der Waals surface area contributed by atoms with Gasteiger partial charge in [-0.15, -0.1) is 0 Å². The number of esters is 2. The van der Waals surface area contributed by atoms with Crippen molar-refractivity contribution in [2.45, 2.75) is 92.0 Å². The Morgan fingerprint density at radius 3 is 1.66 bits per heavy atom. The number of amides is 3. The standard InChI is InChI=1S/C22H39N3O7/c1-12(2)10-15(23-14(5)26)18(27)25-17(21(30)32-22(6,7)8)19(28)24-16(11-13(3)4)20(29)31-9/h12-13,15-17H,10-11H2,1-9H3,(H,23,26)(H,24,28)(H,25,27)/t15-,16-,17?/m0/s1. The van der Waals surface area contributed by atoms with Gasteiger partial charge in [0.1, 0.15) is 17.7 Å². The van der Waals surface area contributed by atoms with Crippen LogP contribution in [-0.4, -0.2) is 60.5 Å². The van der Waals surface area contributed by atoms with Crippen molar-refractivity contribution in [1.82, 2.24) is 16.0 Å². The summed E-state index contributed by atoms with van der Waals surface area (Å²) >= 11 is 0. The third-order valence-corrected chi connectivity index (χ3v) is 4.10. The Kier molecular flexibility index (Phi) is 11.9. The van der Waals surface area contributed by atoms with Crippen molar-refractivity contribution in [3.63, 3.8) is 0 Å². The summed E-state index contributed by atoms with van der Waals surface area (Å²) in [6, 6.07) is -3.67. The lowest BCUT2D eigenvalue weighted by molar-refractivity contribution is -0.162. The Hall–Kier alpha value is -2.65. The van der Waals surface area contributed by atoms with E-state index in [-0.39, 0.29) is 18.3 Å². The van der Waals surface area contributed by atoms with Crippen molar-refractivity contribution in [2.24, 2.45) is 11.8 Å². The molecule has 3 N–H and O–H groups in total. The molecule has 0 aliphatic rings. The van der Waals surface area contributed by atoms with Gasteiger partial charge in [0.25, 0.3) is 5.91 Å². The van der Waals surface area contributed by atoms with Crippen LogP contribution in [0.5, 0.6) is 0 Å². The molecule has 0 rings (SSSR count). The molecular formula is C22H39N3O7. The lowest BCUT2D eigenvalue weighted by Crippen LogP contribution is -2.59. The molecule has 0 aromatic heterocycles. The summed E-state index contributed by atoms with van der Waals surface area (Å²) < 4.78 is 10.0. The molecule has 10 nitrogen and oxygen atoms in total. The van der Waals surface area contributed by atoms with Crippen LogP contribution in [0.15, 0.2) is 0 Å². The molecule has 0 heterocycles. The zero-order chi connectivity index (χ0) is 25.2. The predicted octanol–water partition coefficient (Wildman–Crippen LogP) is 1.07. The second kappa shape index (κ2) is 13.0. The van der Waals surface area contributed by atoms with Gasteiger partial charge in [-0.25, -0.2) is 9.59 Å². The Morgan fingerprint density at radius 1 is 0.750 bits per heavy atom. The largest absolute Gasteiger partial charge is 0.467 e. The molecule has 0 bridgehead atoms. The summed E-state index contributed by atoms with van der Waals surface area (Å²) in [5, 5.41) is 7.38. The number of carbonyl (C=O) groups excluding carboxylic acids is 5. The van der Waals surface area contributed by atoms with Gasteiger partial charge in [-0.2, -0.15) is 0 Å². The van der Waals surface area contributed by atoms with Crippen molar-refractivity contribution < 1.29 is 33.4 Å². The third-order valence-electron chi connectivity index (χ3n) is 4.10. The first-order valence-corrected chi connectivity index (χ1v) is 10.8. The molecule has 0 aliphatic carbocycles. The fraction of sp³-hybridized carbons (Fsp3) is 0.773. The van der Waals surface area contributed by atoms with E-state index < -0.39 is 53.4 Å². The van der Waals surface area contributed by atoms with Crippen LogP contribution < -0.4 is 16.0 Å². The summed E-state index contributed by atoms with van der Waals surface area (Å²) in [5.41, 5.74) is -0.922. The van der Waals surface area contributed by atoms with Gasteiger partial charge >= 0.3 is 11.9 Å². The number of ether oxygens (including phenoxy) is 2. The zero-order valence-corrected chi connectivity index (χ0v) is 20.7. The van der Waals surface area contributed by atoms with Crippen LogP contribution in [0.25, 0.3) is 0 Å². The molecule has 1 unspecified atom stereocenters. The van der Waals surface area contributed by atoms with Gasteiger partial charge in [0.15, 0.2) is 0 Å². The van der Waals surface area contributed by atoms with Gasteiger partial charge in [-0.05, 0) is 45.4 Å².